The van der Waals surface area contributed by atoms with Crippen LogP contribution in [-0.4, -0.2) is 0 Å². The van der Waals surface area contributed by atoms with Crippen LogP contribution in [0.4, 0.5) is 17.1 Å². The Balaban J connectivity index is 1.11. The molecule has 11 rings (SSSR count). The molecule has 0 N–H and O–H groups in total. The van der Waals surface area contributed by atoms with Crippen molar-refractivity contribution < 1.29 is 4.42 Å². The minimum absolute atomic E-state index is 0.886. The number of furan rings is 1. The van der Waals surface area contributed by atoms with Crippen molar-refractivity contribution in [3.05, 3.63) is 200 Å². The Morgan fingerprint density at radius 3 is 1.89 bits per heavy atom. The maximum absolute atomic E-state index is 6.39. The van der Waals surface area contributed by atoms with Crippen LogP contribution in [0.2, 0.25) is 0 Å². The molecule has 0 bridgehead atoms. The van der Waals surface area contributed by atoms with Crippen molar-refractivity contribution in [1.29, 1.82) is 0 Å². The number of anilines is 3. The third-order valence-electron chi connectivity index (χ3n) is 10.8. The lowest BCUT2D eigenvalue weighted by molar-refractivity contribution is 0.669. The number of rotatable bonds is 6. The van der Waals surface area contributed by atoms with Crippen molar-refractivity contribution in [3.8, 4) is 33.4 Å². The summed E-state index contributed by atoms with van der Waals surface area (Å²) >= 11 is 1.86. The number of benzene rings is 9. The molecule has 0 aliphatic heterocycles. The molecule has 0 fully saturated rings. The number of para-hydroxylation sites is 2. The predicted molar refractivity (Wildman–Crippen MR) is 235 cm³/mol. The van der Waals surface area contributed by atoms with E-state index in [9.17, 15) is 0 Å². The van der Waals surface area contributed by atoms with Crippen molar-refractivity contribution in [2.75, 3.05) is 4.90 Å². The zero-order valence-corrected chi connectivity index (χ0v) is 30.6. The molecule has 3 heteroatoms. The van der Waals surface area contributed by atoms with Gasteiger partial charge in [0.1, 0.15) is 11.2 Å². The molecule has 0 aliphatic carbocycles. The molecule has 0 radical (unpaired) electrons. The average molecular weight is 720 g/mol. The molecule has 0 saturated carbocycles. The fourth-order valence-electron chi connectivity index (χ4n) is 8.25. The van der Waals surface area contributed by atoms with Gasteiger partial charge in [-0.2, -0.15) is 0 Å². The highest BCUT2D eigenvalue weighted by Crippen LogP contribution is 2.45. The Morgan fingerprint density at radius 2 is 0.982 bits per heavy atom. The van der Waals surface area contributed by atoms with Gasteiger partial charge in [-0.05, 0) is 105 Å². The van der Waals surface area contributed by atoms with Crippen molar-refractivity contribution in [3.63, 3.8) is 0 Å². The van der Waals surface area contributed by atoms with E-state index in [-0.39, 0.29) is 0 Å². The first kappa shape index (κ1) is 31.6. The van der Waals surface area contributed by atoms with Crippen molar-refractivity contribution in [1.82, 2.24) is 0 Å². The third kappa shape index (κ3) is 5.40. The van der Waals surface area contributed by atoms with Crippen LogP contribution in [0, 0.1) is 0 Å². The van der Waals surface area contributed by atoms with Crippen LogP contribution >= 0.6 is 11.3 Å². The van der Waals surface area contributed by atoms with Gasteiger partial charge in [0, 0.05) is 47.9 Å². The summed E-state index contributed by atoms with van der Waals surface area (Å²) in [6, 6.07) is 72.3. The summed E-state index contributed by atoms with van der Waals surface area (Å²) in [5.74, 6) is 0. The topological polar surface area (TPSA) is 16.4 Å². The van der Waals surface area contributed by atoms with Gasteiger partial charge >= 0.3 is 0 Å². The Bertz CT molecular complexity index is 3240. The first-order valence-electron chi connectivity index (χ1n) is 18.7. The summed E-state index contributed by atoms with van der Waals surface area (Å²) in [7, 11) is 0. The van der Waals surface area contributed by atoms with Crippen molar-refractivity contribution in [2.45, 2.75) is 0 Å². The fraction of sp³-hybridized carbons (Fsp3) is 0. The van der Waals surface area contributed by atoms with Gasteiger partial charge in [-0.25, -0.2) is 0 Å². The molecule has 55 heavy (non-hydrogen) atoms. The van der Waals surface area contributed by atoms with Gasteiger partial charge in [-0.3, -0.25) is 0 Å². The van der Waals surface area contributed by atoms with Gasteiger partial charge in [0.15, 0.2) is 0 Å². The van der Waals surface area contributed by atoms with Crippen LogP contribution in [0.5, 0.6) is 0 Å². The van der Waals surface area contributed by atoms with Crippen molar-refractivity contribution in [2.24, 2.45) is 0 Å². The Kier molecular flexibility index (Phi) is 7.39. The second kappa shape index (κ2) is 12.9. The van der Waals surface area contributed by atoms with Crippen molar-refractivity contribution >= 4 is 81.3 Å². The SMILES string of the molecule is c1cc(-c2ccc3ccccc3c2)cc(N(c2cccc(-c3cccc4sc5ccccc5c34)c2)c2ccccc2-c2ccc3c(c2)oc2ccccc23)c1. The quantitative estimate of drug-likeness (QED) is 0.170. The molecule has 2 heterocycles. The molecule has 2 aromatic heterocycles. The minimum Gasteiger partial charge on any atom is -0.456 e. The molecule has 11 aromatic rings. The predicted octanol–water partition coefficient (Wildman–Crippen LogP) is 15.6. The number of hydrogen-bond donors (Lipinski definition) is 0. The molecular weight excluding hydrogens is 687 g/mol. The molecule has 0 unspecified atom stereocenters. The van der Waals surface area contributed by atoms with E-state index < -0.39 is 0 Å². The second-order valence-electron chi connectivity index (χ2n) is 14.1. The maximum Gasteiger partial charge on any atom is 0.136 e. The van der Waals surface area contributed by atoms with Gasteiger partial charge in [0.2, 0.25) is 0 Å². The van der Waals surface area contributed by atoms with Crippen LogP contribution in [-0.2, 0) is 0 Å². The number of nitrogens with zero attached hydrogens (tertiary/aromatic N) is 1. The summed E-state index contributed by atoms with van der Waals surface area (Å²) in [4.78, 5) is 2.41. The normalized spacial score (nSPS) is 11.6. The van der Waals surface area contributed by atoms with Gasteiger partial charge in [0.05, 0.1) is 5.69 Å². The molecule has 2 nitrogen and oxygen atoms in total. The smallest absolute Gasteiger partial charge is 0.136 e. The van der Waals surface area contributed by atoms with E-state index in [1.54, 1.807) is 0 Å². The summed E-state index contributed by atoms with van der Waals surface area (Å²) in [5.41, 5.74) is 12.0. The molecular formula is C52H33NOS. The average Bonchev–Trinajstić information content (AvgIpc) is 3.82. The largest absolute Gasteiger partial charge is 0.456 e. The molecule has 0 saturated heterocycles. The zero-order valence-electron chi connectivity index (χ0n) is 29.8. The van der Waals surface area contributed by atoms with E-state index in [0.717, 1.165) is 50.1 Å². The molecule has 258 valence electrons. The summed E-state index contributed by atoms with van der Waals surface area (Å²) in [6.45, 7) is 0. The molecule has 0 spiro atoms. The van der Waals surface area contributed by atoms with E-state index in [0.29, 0.717) is 0 Å². The minimum atomic E-state index is 0.886. The zero-order chi connectivity index (χ0) is 36.3. The standard InChI is InChI=1S/C52H33NOS/c1-2-13-35-30-37(27-26-34(35)12-1)36-14-9-16-40(31-36)53(41-17-10-15-38(32-41)43-21-11-25-51-52(43)46-20-5-8-24-50(46)55-51)47-22-6-3-18-42(47)39-28-29-45-44-19-4-7-23-48(44)54-49(45)33-39/h1-33H. The lowest BCUT2D eigenvalue weighted by atomic mass is 9.97. The summed E-state index contributed by atoms with van der Waals surface area (Å²) < 4.78 is 9.00. The maximum atomic E-state index is 6.39. The molecule has 0 atom stereocenters. The highest BCUT2D eigenvalue weighted by Gasteiger charge is 2.20. The number of hydrogen-bond acceptors (Lipinski definition) is 3. The highest BCUT2D eigenvalue weighted by atomic mass is 32.1. The summed E-state index contributed by atoms with van der Waals surface area (Å²) in [5, 5.41) is 7.34. The number of fused-ring (bicyclic) bond motifs is 7. The lowest BCUT2D eigenvalue weighted by Crippen LogP contribution is -2.11. The third-order valence-corrected chi connectivity index (χ3v) is 12.0. The highest BCUT2D eigenvalue weighted by molar-refractivity contribution is 7.25. The van der Waals surface area contributed by atoms with Crippen LogP contribution in [0.1, 0.15) is 0 Å². The molecule has 9 aromatic carbocycles. The monoisotopic (exact) mass is 719 g/mol. The van der Waals surface area contributed by atoms with E-state index in [2.05, 4.69) is 193 Å². The fourth-order valence-corrected chi connectivity index (χ4v) is 9.39. The Labute approximate surface area is 322 Å². The Hall–Kier alpha value is -6.94. The van der Waals surface area contributed by atoms with Crippen LogP contribution in [0.3, 0.4) is 0 Å². The summed E-state index contributed by atoms with van der Waals surface area (Å²) in [6.07, 6.45) is 0. The van der Waals surface area contributed by atoms with Crippen LogP contribution in [0.15, 0.2) is 205 Å². The lowest BCUT2D eigenvalue weighted by Gasteiger charge is -2.29. The van der Waals surface area contributed by atoms with Gasteiger partial charge in [-0.15, -0.1) is 11.3 Å². The van der Waals surface area contributed by atoms with Gasteiger partial charge < -0.3 is 9.32 Å². The second-order valence-corrected chi connectivity index (χ2v) is 15.2. The number of thiophene rings is 1. The van der Waals surface area contributed by atoms with E-state index in [4.69, 9.17) is 4.42 Å². The first-order chi connectivity index (χ1) is 27.2. The van der Waals surface area contributed by atoms with E-state index in [1.807, 2.05) is 23.5 Å². The van der Waals surface area contributed by atoms with Gasteiger partial charge in [-0.1, -0.05) is 133 Å². The van der Waals surface area contributed by atoms with E-state index in [1.165, 1.54) is 53.2 Å². The van der Waals surface area contributed by atoms with Crippen LogP contribution in [0.25, 0.3) is 86.3 Å². The van der Waals surface area contributed by atoms with E-state index >= 15 is 0 Å². The van der Waals surface area contributed by atoms with Crippen LogP contribution < -0.4 is 4.90 Å². The van der Waals surface area contributed by atoms with Gasteiger partial charge in [0.25, 0.3) is 0 Å². The molecule has 0 aliphatic rings. The molecule has 0 amide bonds. The first-order valence-corrected chi connectivity index (χ1v) is 19.5. The Morgan fingerprint density at radius 1 is 0.364 bits per heavy atom.